The van der Waals surface area contributed by atoms with E-state index in [4.69, 9.17) is 23.2 Å². The normalized spacial score (nSPS) is 17.8. The van der Waals surface area contributed by atoms with Gasteiger partial charge in [-0.3, -0.25) is 0 Å². The number of rotatable bonds is 3. The molecular weight excluding hydrogens is 411 g/mol. The van der Waals surface area contributed by atoms with E-state index in [1.165, 1.54) is 4.90 Å². The number of fused-ring (bicyclic) bond motifs is 1. The molecule has 1 aliphatic carbocycles. The number of urea groups is 1. The van der Waals surface area contributed by atoms with Crippen LogP contribution in [0.2, 0.25) is 10.0 Å². The number of anilines is 1. The van der Waals surface area contributed by atoms with Gasteiger partial charge in [-0.15, -0.1) is 0 Å². The van der Waals surface area contributed by atoms with Crippen LogP contribution >= 0.6 is 23.2 Å². The number of nitrogens with zero attached hydrogens (tertiary/aromatic N) is 3. The van der Waals surface area contributed by atoms with Gasteiger partial charge < -0.3 is 19.9 Å². The van der Waals surface area contributed by atoms with Crippen LogP contribution in [0.4, 0.5) is 10.5 Å². The largest absolute Gasteiger partial charge is 0.390 e. The molecule has 0 aliphatic heterocycles. The molecule has 0 bridgehead atoms. The van der Waals surface area contributed by atoms with Gasteiger partial charge >= 0.3 is 6.03 Å². The van der Waals surface area contributed by atoms with E-state index in [0.717, 1.165) is 22.5 Å². The number of imidazole rings is 1. The molecule has 8 heteroatoms. The molecule has 29 heavy (non-hydrogen) atoms. The van der Waals surface area contributed by atoms with Gasteiger partial charge in [0.25, 0.3) is 0 Å². The molecule has 0 unspecified atom stereocenters. The molecular formula is C21H20Cl2N4O2. The van der Waals surface area contributed by atoms with Gasteiger partial charge in [0.2, 0.25) is 0 Å². The third-order valence-electron chi connectivity index (χ3n) is 5.22. The summed E-state index contributed by atoms with van der Waals surface area (Å²) < 4.78 is 1.91. The lowest BCUT2D eigenvalue weighted by atomic mass is 10.1. The Hall–Kier alpha value is -2.54. The Bertz CT molecular complexity index is 1080. The summed E-state index contributed by atoms with van der Waals surface area (Å²) in [6, 6.07) is 10.0. The summed E-state index contributed by atoms with van der Waals surface area (Å²) in [4.78, 5) is 18.7. The van der Waals surface area contributed by atoms with Crippen molar-refractivity contribution in [1.29, 1.82) is 0 Å². The van der Waals surface area contributed by atoms with Gasteiger partial charge in [-0.05, 0) is 35.4 Å². The predicted octanol–water partition coefficient (Wildman–Crippen LogP) is 4.52. The summed E-state index contributed by atoms with van der Waals surface area (Å²) in [5.41, 5.74) is 3.13. The molecule has 0 fully saturated rings. The Morgan fingerprint density at radius 1 is 1.31 bits per heavy atom. The van der Waals surface area contributed by atoms with Crippen molar-refractivity contribution in [2.45, 2.75) is 18.6 Å². The third kappa shape index (κ3) is 3.71. The van der Waals surface area contributed by atoms with Crippen LogP contribution in [-0.2, 0) is 13.5 Å². The van der Waals surface area contributed by atoms with Crippen LogP contribution in [0.3, 0.4) is 0 Å². The first-order valence-corrected chi connectivity index (χ1v) is 9.88. The molecule has 4 rings (SSSR count). The second-order valence-electron chi connectivity index (χ2n) is 7.16. The minimum absolute atomic E-state index is 0.338. The van der Waals surface area contributed by atoms with E-state index in [0.29, 0.717) is 22.2 Å². The fourth-order valence-electron chi connectivity index (χ4n) is 3.82. The quantitative estimate of drug-likeness (QED) is 0.641. The van der Waals surface area contributed by atoms with E-state index >= 15 is 0 Å². The zero-order valence-electron chi connectivity index (χ0n) is 15.9. The number of carbonyl (C=O) groups excluding carboxylic acids is 1. The number of hydrogen-bond acceptors (Lipinski definition) is 3. The lowest BCUT2D eigenvalue weighted by molar-refractivity contribution is 0.0934. The molecule has 3 aromatic rings. The topological polar surface area (TPSA) is 70.4 Å². The van der Waals surface area contributed by atoms with Crippen molar-refractivity contribution in [2.75, 3.05) is 12.4 Å². The molecule has 0 spiro atoms. The maximum atomic E-state index is 12.9. The fraction of sp³-hybridized carbons (Fsp3) is 0.238. The molecule has 0 saturated heterocycles. The first-order valence-electron chi connectivity index (χ1n) is 9.12. The minimum atomic E-state index is -0.754. The Kier molecular flexibility index (Phi) is 5.25. The van der Waals surface area contributed by atoms with Crippen LogP contribution < -0.4 is 5.32 Å². The summed E-state index contributed by atoms with van der Waals surface area (Å²) in [7, 11) is 3.56. The molecule has 6 nitrogen and oxygen atoms in total. The average molecular weight is 431 g/mol. The predicted molar refractivity (Wildman–Crippen MR) is 114 cm³/mol. The summed E-state index contributed by atoms with van der Waals surface area (Å²) in [5.74, 6) is 0.805. The van der Waals surface area contributed by atoms with Gasteiger partial charge in [-0.2, -0.15) is 0 Å². The number of halogens is 2. The lowest BCUT2D eigenvalue weighted by Gasteiger charge is -2.28. The monoisotopic (exact) mass is 430 g/mol. The fourth-order valence-corrected chi connectivity index (χ4v) is 4.40. The molecule has 2 N–H and O–H groups in total. The first kappa shape index (κ1) is 19.8. The lowest BCUT2D eigenvalue weighted by Crippen LogP contribution is -2.38. The van der Waals surface area contributed by atoms with Crippen molar-refractivity contribution in [2.24, 2.45) is 7.05 Å². The van der Waals surface area contributed by atoms with E-state index in [2.05, 4.69) is 10.3 Å². The molecule has 2 aromatic carbocycles. The number of amides is 2. The number of benzene rings is 2. The summed E-state index contributed by atoms with van der Waals surface area (Å²) in [6.45, 7) is 0. The molecule has 1 aromatic heterocycles. The number of aromatic nitrogens is 2. The van der Waals surface area contributed by atoms with Gasteiger partial charge in [0, 0.05) is 54.2 Å². The number of aliphatic hydroxyl groups is 1. The maximum Gasteiger partial charge on any atom is 0.322 e. The second-order valence-corrected chi connectivity index (χ2v) is 8.00. The van der Waals surface area contributed by atoms with Crippen molar-refractivity contribution >= 4 is 34.9 Å². The van der Waals surface area contributed by atoms with Crippen LogP contribution in [0.1, 0.15) is 17.2 Å². The number of nitrogens with one attached hydrogen (secondary N) is 1. The van der Waals surface area contributed by atoms with Gasteiger partial charge in [0.15, 0.2) is 0 Å². The molecule has 1 heterocycles. The SMILES string of the molecule is CN(C(=O)Nc1cccc(-c2nccn2C)c1)[C@H]1c2cc(Cl)cc(Cl)c2C[C@H]1O. The molecule has 0 saturated carbocycles. The highest BCUT2D eigenvalue weighted by Gasteiger charge is 2.37. The molecule has 2 amide bonds. The van der Waals surface area contributed by atoms with E-state index < -0.39 is 12.1 Å². The Morgan fingerprint density at radius 3 is 2.83 bits per heavy atom. The number of aryl methyl sites for hydroxylation is 1. The highest BCUT2D eigenvalue weighted by molar-refractivity contribution is 6.35. The van der Waals surface area contributed by atoms with Gasteiger partial charge in [-0.1, -0.05) is 35.3 Å². The number of hydrogen-bond donors (Lipinski definition) is 2. The van der Waals surface area contributed by atoms with E-state index in [9.17, 15) is 9.90 Å². The zero-order valence-corrected chi connectivity index (χ0v) is 17.4. The zero-order chi connectivity index (χ0) is 20.7. The molecule has 1 aliphatic rings. The number of likely N-dealkylation sites (N-methyl/N-ethyl adjacent to an activating group) is 1. The molecule has 2 atom stereocenters. The van der Waals surface area contributed by atoms with Crippen molar-refractivity contribution in [3.63, 3.8) is 0 Å². The van der Waals surface area contributed by atoms with E-state index in [1.807, 2.05) is 42.1 Å². The maximum absolute atomic E-state index is 12.9. The molecule has 0 radical (unpaired) electrons. The summed E-state index contributed by atoms with van der Waals surface area (Å²) >= 11 is 12.4. The van der Waals surface area contributed by atoms with Crippen LogP contribution in [0.25, 0.3) is 11.4 Å². The Balaban J connectivity index is 1.57. The number of carbonyl (C=O) groups is 1. The standard InChI is InChI=1S/C21H20Cl2N4O2/c1-26-7-6-24-20(26)12-4-3-5-14(8-12)25-21(29)27(2)19-16-9-13(22)10-17(23)15(16)11-18(19)28/h3-10,18-19,28H,11H2,1-2H3,(H,25,29)/t18-,19+/m1/s1. The highest BCUT2D eigenvalue weighted by Crippen LogP contribution is 2.41. The van der Waals surface area contributed by atoms with Crippen molar-refractivity contribution in [3.05, 3.63) is 70.0 Å². The van der Waals surface area contributed by atoms with E-state index in [-0.39, 0.29) is 6.03 Å². The van der Waals surface area contributed by atoms with Crippen LogP contribution in [-0.4, -0.2) is 38.7 Å². The number of aliphatic hydroxyl groups excluding tert-OH is 1. The van der Waals surface area contributed by atoms with Crippen LogP contribution in [0, 0.1) is 0 Å². The highest BCUT2D eigenvalue weighted by atomic mass is 35.5. The average Bonchev–Trinajstić information content (AvgIpc) is 3.24. The minimum Gasteiger partial charge on any atom is -0.390 e. The van der Waals surface area contributed by atoms with Gasteiger partial charge in [0.1, 0.15) is 5.82 Å². The molecule has 150 valence electrons. The Morgan fingerprint density at radius 2 is 2.10 bits per heavy atom. The van der Waals surface area contributed by atoms with Crippen LogP contribution in [0.5, 0.6) is 0 Å². The van der Waals surface area contributed by atoms with Gasteiger partial charge in [-0.25, -0.2) is 9.78 Å². The third-order valence-corrected chi connectivity index (χ3v) is 5.78. The summed E-state index contributed by atoms with van der Waals surface area (Å²) in [6.07, 6.45) is 3.21. The van der Waals surface area contributed by atoms with E-state index in [1.54, 1.807) is 25.4 Å². The van der Waals surface area contributed by atoms with Crippen molar-refractivity contribution in [3.8, 4) is 11.4 Å². The smallest absolute Gasteiger partial charge is 0.322 e. The Labute approximate surface area is 178 Å². The first-order chi connectivity index (χ1) is 13.8. The van der Waals surface area contributed by atoms with Crippen molar-refractivity contribution < 1.29 is 9.90 Å². The summed E-state index contributed by atoms with van der Waals surface area (Å²) in [5, 5.41) is 14.5. The van der Waals surface area contributed by atoms with Crippen molar-refractivity contribution in [1.82, 2.24) is 14.5 Å². The van der Waals surface area contributed by atoms with Crippen LogP contribution in [0.15, 0.2) is 48.8 Å². The second kappa shape index (κ2) is 7.71. The van der Waals surface area contributed by atoms with Gasteiger partial charge in [0.05, 0.1) is 12.1 Å².